The summed E-state index contributed by atoms with van der Waals surface area (Å²) in [5, 5.41) is 14.2. The molecule has 0 aromatic heterocycles. The van der Waals surface area contributed by atoms with E-state index in [4.69, 9.17) is 16.3 Å². The van der Waals surface area contributed by atoms with Gasteiger partial charge in [-0.3, -0.25) is 9.59 Å². The van der Waals surface area contributed by atoms with Gasteiger partial charge in [0.1, 0.15) is 17.5 Å². The molecule has 5 nitrogen and oxygen atoms in total. The van der Waals surface area contributed by atoms with Crippen LogP contribution in [0.15, 0.2) is 42.5 Å². The highest BCUT2D eigenvalue weighted by Crippen LogP contribution is 2.40. The van der Waals surface area contributed by atoms with Gasteiger partial charge in [-0.15, -0.1) is 0 Å². The summed E-state index contributed by atoms with van der Waals surface area (Å²) >= 11 is 5.86. The van der Waals surface area contributed by atoms with Crippen molar-refractivity contribution in [3.63, 3.8) is 0 Å². The van der Waals surface area contributed by atoms with E-state index in [0.29, 0.717) is 27.5 Å². The molecule has 1 aliphatic rings. The second-order valence-corrected chi connectivity index (χ2v) is 7.35. The number of carbonyl (C=O) groups excluding carboxylic acids is 2. The molecule has 1 aliphatic heterocycles. The van der Waals surface area contributed by atoms with Gasteiger partial charge in [-0.1, -0.05) is 11.6 Å². The molecule has 0 fully saturated rings. The van der Waals surface area contributed by atoms with Crippen molar-refractivity contribution in [2.75, 3.05) is 0 Å². The first kappa shape index (κ1) is 18.4. The Balaban J connectivity index is 1.99. The van der Waals surface area contributed by atoms with Crippen LogP contribution in [0.1, 0.15) is 53.1 Å². The van der Waals surface area contributed by atoms with Crippen molar-refractivity contribution in [1.29, 1.82) is 0 Å². The second-order valence-electron chi connectivity index (χ2n) is 6.92. The summed E-state index contributed by atoms with van der Waals surface area (Å²) < 4.78 is 5.87. The zero-order valence-electron chi connectivity index (χ0n) is 14.7. The number of aliphatic hydroxyl groups excluding tert-OH is 1. The van der Waals surface area contributed by atoms with E-state index < -0.39 is 17.7 Å². The highest BCUT2D eigenvalue weighted by atomic mass is 35.5. The minimum absolute atomic E-state index is 0.102. The van der Waals surface area contributed by atoms with E-state index in [9.17, 15) is 14.7 Å². The number of benzene rings is 2. The highest BCUT2D eigenvalue weighted by Gasteiger charge is 2.43. The van der Waals surface area contributed by atoms with Crippen LogP contribution in [-0.2, 0) is 0 Å². The Labute approximate surface area is 156 Å². The quantitative estimate of drug-likeness (QED) is 0.807. The van der Waals surface area contributed by atoms with Gasteiger partial charge in [0.25, 0.3) is 5.91 Å². The van der Waals surface area contributed by atoms with Gasteiger partial charge in [0.2, 0.25) is 0 Å². The number of halogens is 1. The molecule has 2 aromatic rings. The minimum atomic E-state index is -0.992. The lowest BCUT2D eigenvalue weighted by molar-refractivity contribution is -0.0627. The Kier molecular flexibility index (Phi) is 4.78. The zero-order chi connectivity index (χ0) is 19.1. The Morgan fingerprint density at radius 2 is 1.73 bits per heavy atom. The van der Waals surface area contributed by atoms with Crippen LogP contribution < -0.4 is 10.1 Å². The number of amides is 1. The van der Waals surface area contributed by atoms with Crippen molar-refractivity contribution in [3.8, 4) is 5.75 Å². The van der Waals surface area contributed by atoms with E-state index in [1.807, 2.05) is 0 Å². The van der Waals surface area contributed by atoms with Crippen LogP contribution in [-0.4, -0.2) is 28.5 Å². The Hall–Kier alpha value is -2.37. The first-order chi connectivity index (χ1) is 12.2. The van der Waals surface area contributed by atoms with Crippen molar-refractivity contribution in [1.82, 2.24) is 5.32 Å². The van der Waals surface area contributed by atoms with E-state index in [-0.39, 0.29) is 11.7 Å². The van der Waals surface area contributed by atoms with Gasteiger partial charge in [-0.2, -0.15) is 0 Å². The van der Waals surface area contributed by atoms with Crippen LogP contribution in [0.25, 0.3) is 0 Å². The molecule has 0 unspecified atom stereocenters. The molecule has 0 radical (unpaired) electrons. The Bertz CT molecular complexity index is 861. The molecule has 0 spiro atoms. The second kappa shape index (κ2) is 6.74. The van der Waals surface area contributed by atoms with Crippen molar-refractivity contribution >= 4 is 23.3 Å². The number of Topliss-reactive ketones (excluding diaryl/α,β-unsaturated/α-hetero) is 1. The first-order valence-electron chi connectivity index (χ1n) is 8.27. The lowest BCUT2D eigenvalue weighted by Crippen LogP contribution is -2.53. The van der Waals surface area contributed by atoms with Crippen LogP contribution in [0.3, 0.4) is 0 Å². The lowest BCUT2D eigenvalue weighted by atomic mass is 9.85. The van der Waals surface area contributed by atoms with Crippen LogP contribution in [0.5, 0.6) is 5.75 Å². The van der Waals surface area contributed by atoms with E-state index in [0.717, 1.165) is 0 Å². The molecule has 2 N–H and O–H groups in total. The molecular formula is C20H20ClNO4. The molecule has 0 saturated carbocycles. The van der Waals surface area contributed by atoms with E-state index in [2.05, 4.69) is 5.32 Å². The molecule has 3 rings (SSSR count). The molecular weight excluding hydrogens is 354 g/mol. The molecule has 6 heteroatoms. The zero-order valence-corrected chi connectivity index (χ0v) is 15.5. The molecule has 136 valence electrons. The van der Waals surface area contributed by atoms with Gasteiger partial charge in [0.05, 0.1) is 6.04 Å². The third-order valence-electron chi connectivity index (χ3n) is 4.55. The van der Waals surface area contributed by atoms with Gasteiger partial charge in [-0.25, -0.2) is 0 Å². The van der Waals surface area contributed by atoms with E-state index in [1.54, 1.807) is 56.3 Å². The summed E-state index contributed by atoms with van der Waals surface area (Å²) in [6.45, 7) is 4.97. The summed E-state index contributed by atoms with van der Waals surface area (Å²) in [5.74, 6) is 0.0872. The summed E-state index contributed by atoms with van der Waals surface area (Å²) in [5.41, 5.74) is 0.592. The van der Waals surface area contributed by atoms with Crippen molar-refractivity contribution in [3.05, 3.63) is 64.2 Å². The maximum Gasteiger partial charge on any atom is 0.251 e. The summed E-state index contributed by atoms with van der Waals surface area (Å²) in [4.78, 5) is 24.4. The number of ether oxygens (including phenoxy) is 1. The molecule has 26 heavy (non-hydrogen) atoms. The van der Waals surface area contributed by atoms with Crippen molar-refractivity contribution < 1.29 is 19.4 Å². The minimum Gasteiger partial charge on any atom is -0.485 e. The molecule has 0 aliphatic carbocycles. The number of rotatable bonds is 3. The van der Waals surface area contributed by atoms with E-state index in [1.165, 1.54) is 6.92 Å². The van der Waals surface area contributed by atoms with Crippen LogP contribution in [0.4, 0.5) is 0 Å². The molecule has 2 aromatic carbocycles. The third-order valence-corrected chi connectivity index (χ3v) is 4.80. The average Bonchev–Trinajstić information content (AvgIpc) is 2.58. The number of nitrogens with one attached hydrogen (secondary N) is 1. The molecule has 0 bridgehead atoms. The largest absolute Gasteiger partial charge is 0.485 e. The predicted molar refractivity (Wildman–Crippen MR) is 98.8 cm³/mol. The monoisotopic (exact) mass is 373 g/mol. The SMILES string of the molecule is CC(=O)c1ccc2c(c1)[C@H](NC(=O)c1ccc(Cl)cc1)[C@@H](O)C(C)(C)O2. The number of carbonyl (C=O) groups is 2. The fourth-order valence-corrected chi connectivity index (χ4v) is 3.13. The Morgan fingerprint density at radius 3 is 2.35 bits per heavy atom. The number of fused-ring (bicyclic) bond motifs is 1. The maximum atomic E-state index is 12.6. The normalized spacial score (nSPS) is 20.7. The van der Waals surface area contributed by atoms with Crippen molar-refractivity contribution in [2.24, 2.45) is 0 Å². The number of ketones is 1. The summed E-state index contributed by atoms with van der Waals surface area (Å²) in [7, 11) is 0. The third kappa shape index (κ3) is 3.45. The van der Waals surface area contributed by atoms with Gasteiger partial charge >= 0.3 is 0 Å². The number of aliphatic hydroxyl groups is 1. The van der Waals surface area contributed by atoms with Gasteiger partial charge in [0.15, 0.2) is 5.78 Å². The molecule has 0 saturated heterocycles. The summed E-state index contributed by atoms with van der Waals surface area (Å²) in [6.07, 6.45) is -0.992. The topological polar surface area (TPSA) is 75.6 Å². The molecule has 1 heterocycles. The van der Waals surface area contributed by atoms with Gasteiger partial charge < -0.3 is 15.2 Å². The molecule has 1 amide bonds. The molecule has 2 atom stereocenters. The fourth-order valence-electron chi connectivity index (χ4n) is 3.00. The standard InChI is InChI=1S/C20H20ClNO4/c1-11(23)13-6-9-16-15(10-13)17(18(24)20(2,3)26-16)22-19(25)12-4-7-14(21)8-5-12/h4-10,17-18,24H,1-3H3,(H,22,25)/t17-,18+/m0/s1. The van der Waals surface area contributed by atoms with Crippen LogP contribution in [0.2, 0.25) is 5.02 Å². The number of hydrogen-bond acceptors (Lipinski definition) is 4. The first-order valence-corrected chi connectivity index (χ1v) is 8.65. The number of hydrogen-bond donors (Lipinski definition) is 2. The van der Waals surface area contributed by atoms with Crippen LogP contribution >= 0.6 is 11.6 Å². The Morgan fingerprint density at radius 1 is 1.12 bits per heavy atom. The maximum absolute atomic E-state index is 12.6. The smallest absolute Gasteiger partial charge is 0.251 e. The van der Waals surface area contributed by atoms with Crippen molar-refractivity contribution in [2.45, 2.75) is 38.5 Å². The predicted octanol–water partition coefficient (Wildman–Crippen LogP) is 3.55. The summed E-state index contributed by atoms with van der Waals surface area (Å²) in [6, 6.07) is 10.8. The fraction of sp³-hybridized carbons (Fsp3) is 0.300. The van der Waals surface area contributed by atoms with Gasteiger partial charge in [-0.05, 0) is 63.2 Å². The van der Waals surface area contributed by atoms with Crippen LogP contribution in [0, 0.1) is 0 Å². The average molecular weight is 374 g/mol. The highest BCUT2D eigenvalue weighted by molar-refractivity contribution is 6.30. The lowest BCUT2D eigenvalue weighted by Gasteiger charge is -2.42. The van der Waals surface area contributed by atoms with Gasteiger partial charge in [0, 0.05) is 21.7 Å². The van der Waals surface area contributed by atoms with E-state index >= 15 is 0 Å².